The van der Waals surface area contributed by atoms with E-state index in [1.54, 1.807) is 7.11 Å². The minimum absolute atomic E-state index is 0.647. The lowest BCUT2D eigenvalue weighted by molar-refractivity contribution is -0.697. The van der Waals surface area contributed by atoms with E-state index >= 15 is 0 Å². The molecule has 0 saturated carbocycles. The van der Waals surface area contributed by atoms with Crippen molar-refractivity contribution in [3.63, 3.8) is 0 Å². The molecule has 2 aromatic carbocycles. The molecule has 120 valence electrons. The number of nitrogens with zero attached hydrogens (tertiary/aromatic N) is 2. The lowest BCUT2D eigenvalue weighted by atomic mass is 10.1. The number of fused-ring (bicyclic) bond motifs is 1. The Kier molecular flexibility index (Phi) is 4.93. The van der Waals surface area contributed by atoms with E-state index in [1.807, 2.05) is 60.9 Å². The van der Waals surface area contributed by atoms with Crippen LogP contribution in [0.3, 0.4) is 0 Å². The van der Waals surface area contributed by atoms with Gasteiger partial charge in [0.2, 0.25) is 0 Å². The maximum Gasteiger partial charge on any atom is 0.170 e. The van der Waals surface area contributed by atoms with Crippen LogP contribution in [0.25, 0.3) is 10.8 Å². The normalized spacial score (nSPS) is 10.3. The molecule has 0 bridgehead atoms. The summed E-state index contributed by atoms with van der Waals surface area (Å²) in [5.41, 5.74) is 0.676. The van der Waals surface area contributed by atoms with Crippen LogP contribution in [-0.2, 0) is 6.54 Å². The molecule has 0 amide bonds. The van der Waals surface area contributed by atoms with E-state index in [1.165, 1.54) is 0 Å². The number of methoxy groups -OCH3 is 1. The van der Waals surface area contributed by atoms with Gasteiger partial charge < -0.3 is 9.47 Å². The van der Waals surface area contributed by atoms with Gasteiger partial charge in [-0.3, -0.25) is 0 Å². The van der Waals surface area contributed by atoms with Crippen molar-refractivity contribution in [3.8, 4) is 17.6 Å². The summed E-state index contributed by atoms with van der Waals surface area (Å²) >= 11 is 0. The smallest absolute Gasteiger partial charge is 0.170 e. The zero-order chi connectivity index (χ0) is 16.8. The van der Waals surface area contributed by atoms with Gasteiger partial charge in [0.25, 0.3) is 0 Å². The van der Waals surface area contributed by atoms with Gasteiger partial charge in [-0.15, -0.1) is 0 Å². The van der Waals surface area contributed by atoms with E-state index in [2.05, 4.69) is 10.6 Å². The number of nitriles is 1. The Hall–Kier alpha value is -3.06. The SMILES string of the molecule is COc1ccc2cc(OCCC[n+]3ccc(C#N)cc3)ccc2c1. The molecule has 0 fully saturated rings. The van der Waals surface area contributed by atoms with Crippen molar-refractivity contribution in [3.05, 3.63) is 66.5 Å². The minimum atomic E-state index is 0.647. The summed E-state index contributed by atoms with van der Waals surface area (Å²) in [5.74, 6) is 1.73. The van der Waals surface area contributed by atoms with Crippen LogP contribution in [0.1, 0.15) is 12.0 Å². The highest BCUT2D eigenvalue weighted by atomic mass is 16.5. The number of aryl methyl sites for hydroxylation is 1. The van der Waals surface area contributed by atoms with Crippen LogP contribution in [0, 0.1) is 11.3 Å². The number of benzene rings is 2. The standard InChI is InChI=1S/C20H19N2O2/c1-23-19-5-3-18-14-20(6-4-17(18)13-19)24-12-2-9-22-10-7-16(15-21)8-11-22/h3-8,10-11,13-14H,2,9,12H2,1H3/q+1. The van der Waals surface area contributed by atoms with Crippen molar-refractivity contribution in [2.45, 2.75) is 13.0 Å². The number of ether oxygens (including phenoxy) is 2. The van der Waals surface area contributed by atoms with Gasteiger partial charge in [0.15, 0.2) is 18.9 Å². The lowest BCUT2D eigenvalue weighted by Gasteiger charge is -2.07. The summed E-state index contributed by atoms with van der Waals surface area (Å²) in [4.78, 5) is 0. The predicted molar refractivity (Wildman–Crippen MR) is 92.0 cm³/mol. The third kappa shape index (κ3) is 3.82. The van der Waals surface area contributed by atoms with Crippen molar-refractivity contribution in [2.75, 3.05) is 13.7 Å². The van der Waals surface area contributed by atoms with E-state index in [4.69, 9.17) is 14.7 Å². The van der Waals surface area contributed by atoms with Crippen LogP contribution in [0.4, 0.5) is 0 Å². The first kappa shape index (κ1) is 15.8. The van der Waals surface area contributed by atoms with Crippen molar-refractivity contribution >= 4 is 10.8 Å². The van der Waals surface area contributed by atoms with Crippen LogP contribution in [0.15, 0.2) is 60.9 Å². The van der Waals surface area contributed by atoms with Gasteiger partial charge in [-0.2, -0.15) is 5.26 Å². The van der Waals surface area contributed by atoms with Gasteiger partial charge in [0.05, 0.1) is 25.3 Å². The van der Waals surface area contributed by atoms with Crippen LogP contribution in [-0.4, -0.2) is 13.7 Å². The highest BCUT2D eigenvalue weighted by molar-refractivity contribution is 5.85. The summed E-state index contributed by atoms with van der Waals surface area (Å²) in [6.45, 7) is 1.51. The molecule has 0 saturated heterocycles. The second-order valence-electron chi connectivity index (χ2n) is 5.51. The molecule has 4 nitrogen and oxygen atoms in total. The Balaban J connectivity index is 1.54. The first-order chi connectivity index (χ1) is 11.8. The van der Waals surface area contributed by atoms with Crippen LogP contribution >= 0.6 is 0 Å². The van der Waals surface area contributed by atoms with Crippen LogP contribution in [0.5, 0.6) is 11.5 Å². The summed E-state index contributed by atoms with van der Waals surface area (Å²) < 4.78 is 13.1. The van der Waals surface area contributed by atoms with Gasteiger partial charge in [0.1, 0.15) is 11.5 Å². The number of pyridine rings is 1. The molecule has 0 atom stereocenters. The summed E-state index contributed by atoms with van der Waals surface area (Å²) in [7, 11) is 1.67. The molecule has 3 aromatic rings. The van der Waals surface area contributed by atoms with Gasteiger partial charge in [-0.1, -0.05) is 12.1 Å². The van der Waals surface area contributed by atoms with Crippen molar-refractivity contribution < 1.29 is 14.0 Å². The second kappa shape index (κ2) is 7.47. The fraction of sp³-hybridized carbons (Fsp3) is 0.200. The molecule has 1 heterocycles. The Morgan fingerprint density at radius 3 is 2.29 bits per heavy atom. The number of rotatable bonds is 6. The fourth-order valence-corrected chi connectivity index (χ4v) is 2.54. The first-order valence-corrected chi connectivity index (χ1v) is 7.88. The molecule has 0 aliphatic carbocycles. The number of hydrogen-bond acceptors (Lipinski definition) is 3. The number of hydrogen-bond donors (Lipinski definition) is 0. The highest BCUT2D eigenvalue weighted by Crippen LogP contribution is 2.24. The zero-order valence-electron chi connectivity index (χ0n) is 13.6. The Bertz CT molecular complexity index is 867. The maximum atomic E-state index is 8.79. The fourth-order valence-electron chi connectivity index (χ4n) is 2.54. The Labute approximate surface area is 141 Å². The molecule has 1 aromatic heterocycles. The quantitative estimate of drug-likeness (QED) is 0.516. The van der Waals surface area contributed by atoms with Crippen LogP contribution in [0.2, 0.25) is 0 Å². The van der Waals surface area contributed by atoms with E-state index in [9.17, 15) is 0 Å². The van der Waals surface area contributed by atoms with Crippen molar-refractivity contribution in [2.24, 2.45) is 0 Å². The zero-order valence-corrected chi connectivity index (χ0v) is 13.6. The highest BCUT2D eigenvalue weighted by Gasteiger charge is 2.03. The minimum Gasteiger partial charge on any atom is -0.497 e. The molecule has 4 heteroatoms. The maximum absolute atomic E-state index is 8.79. The van der Waals surface area contributed by atoms with E-state index < -0.39 is 0 Å². The van der Waals surface area contributed by atoms with E-state index in [-0.39, 0.29) is 0 Å². The van der Waals surface area contributed by atoms with Crippen molar-refractivity contribution in [1.29, 1.82) is 5.26 Å². The second-order valence-corrected chi connectivity index (χ2v) is 5.51. The molecule has 0 unspecified atom stereocenters. The molecule has 0 spiro atoms. The summed E-state index contributed by atoms with van der Waals surface area (Å²) in [6, 6.07) is 17.8. The molecular formula is C20H19N2O2+. The van der Waals surface area contributed by atoms with Gasteiger partial charge in [-0.25, -0.2) is 4.57 Å². The topological polar surface area (TPSA) is 46.1 Å². The molecule has 0 aliphatic heterocycles. The molecule has 0 radical (unpaired) electrons. The van der Waals surface area contributed by atoms with Gasteiger partial charge in [0, 0.05) is 18.6 Å². The number of aromatic nitrogens is 1. The van der Waals surface area contributed by atoms with E-state index in [0.717, 1.165) is 35.2 Å². The third-order valence-corrected chi connectivity index (χ3v) is 3.87. The summed E-state index contributed by atoms with van der Waals surface area (Å²) in [6.07, 6.45) is 4.74. The molecule has 24 heavy (non-hydrogen) atoms. The third-order valence-electron chi connectivity index (χ3n) is 3.87. The predicted octanol–water partition coefficient (Wildman–Crippen LogP) is 3.48. The van der Waals surface area contributed by atoms with Crippen LogP contribution < -0.4 is 14.0 Å². The van der Waals surface area contributed by atoms with Gasteiger partial charge >= 0.3 is 0 Å². The monoisotopic (exact) mass is 319 g/mol. The average Bonchev–Trinajstić information content (AvgIpc) is 2.65. The van der Waals surface area contributed by atoms with Gasteiger partial charge in [-0.05, 0) is 35.0 Å². The Morgan fingerprint density at radius 2 is 1.62 bits per heavy atom. The molecular weight excluding hydrogens is 300 g/mol. The largest absolute Gasteiger partial charge is 0.497 e. The van der Waals surface area contributed by atoms with E-state index in [0.29, 0.717) is 12.2 Å². The Morgan fingerprint density at radius 1 is 0.958 bits per heavy atom. The van der Waals surface area contributed by atoms with Crippen molar-refractivity contribution in [1.82, 2.24) is 0 Å². The lowest BCUT2D eigenvalue weighted by Crippen LogP contribution is -2.33. The molecule has 3 rings (SSSR count). The average molecular weight is 319 g/mol. The first-order valence-electron chi connectivity index (χ1n) is 7.88. The molecule has 0 aliphatic rings. The molecule has 0 N–H and O–H groups in total. The summed E-state index contributed by atoms with van der Waals surface area (Å²) in [5, 5.41) is 11.1.